The maximum Gasteiger partial charge on any atom is 0.224 e. The normalized spacial score (nSPS) is 14.1. The van der Waals surface area contributed by atoms with Gasteiger partial charge in [-0.25, -0.2) is 0 Å². The van der Waals surface area contributed by atoms with Crippen LogP contribution in [-0.4, -0.2) is 33.5 Å². The van der Waals surface area contributed by atoms with E-state index < -0.39 is 0 Å². The number of carbonyl (C=O) groups is 1. The number of benzene rings is 2. The van der Waals surface area contributed by atoms with Gasteiger partial charge in [-0.2, -0.15) is 0 Å². The molecule has 162 valence electrons. The van der Waals surface area contributed by atoms with Crippen molar-refractivity contribution in [1.82, 2.24) is 20.1 Å². The van der Waals surface area contributed by atoms with Gasteiger partial charge < -0.3 is 9.88 Å². The van der Waals surface area contributed by atoms with E-state index in [4.69, 9.17) is 0 Å². The van der Waals surface area contributed by atoms with E-state index in [9.17, 15) is 4.79 Å². The highest BCUT2D eigenvalue weighted by Crippen LogP contribution is 2.33. The van der Waals surface area contributed by atoms with Crippen LogP contribution in [0.2, 0.25) is 0 Å². The summed E-state index contributed by atoms with van der Waals surface area (Å²) in [5.41, 5.74) is 3.39. The first-order valence-electron chi connectivity index (χ1n) is 11.1. The molecule has 3 aromatic rings. The number of aromatic nitrogens is 3. The standard InChI is InChI=1S/C25H30N4OS/c1-31-25-28-27-23(29(25)22-10-5-6-11-22)12-7-17-26-24(30)18-19-13-15-21(16-14-19)20-8-3-2-4-9-20/h2-4,8-9,13-16,22H,5-7,10-12,17-18H2,1H3,(H,26,30). The molecule has 0 spiro atoms. The van der Waals surface area contributed by atoms with E-state index in [0.29, 0.717) is 19.0 Å². The van der Waals surface area contributed by atoms with Gasteiger partial charge in [-0.05, 0) is 42.2 Å². The maximum absolute atomic E-state index is 12.4. The number of rotatable bonds is 9. The molecule has 5 nitrogen and oxygen atoms in total. The monoisotopic (exact) mass is 434 g/mol. The minimum absolute atomic E-state index is 0.0644. The summed E-state index contributed by atoms with van der Waals surface area (Å²) < 4.78 is 2.34. The van der Waals surface area contributed by atoms with Crippen molar-refractivity contribution in [2.24, 2.45) is 0 Å². The molecular weight excluding hydrogens is 404 g/mol. The molecule has 2 aromatic carbocycles. The Hall–Kier alpha value is -2.60. The van der Waals surface area contributed by atoms with E-state index in [-0.39, 0.29) is 5.91 Å². The molecule has 0 aliphatic heterocycles. The maximum atomic E-state index is 12.4. The van der Waals surface area contributed by atoms with Crippen molar-refractivity contribution in [3.63, 3.8) is 0 Å². The summed E-state index contributed by atoms with van der Waals surface area (Å²) in [6.07, 6.45) is 9.21. The van der Waals surface area contributed by atoms with Crippen molar-refractivity contribution < 1.29 is 4.79 Å². The van der Waals surface area contributed by atoms with Crippen LogP contribution in [0.25, 0.3) is 11.1 Å². The van der Waals surface area contributed by atoms with E-state index in [0.717, 1.165) is 29.4 Å². The molecule has 0 unspecified atom stereocenters. The third-order valence-corrected chi connectivity index (χ3v) is 6.58. The van der Waals surface area contributed by atoms with Crippen molar-refractivity contribution in [3.8, 4) is 11.1 Å². The zero-order valence-corrected chi connectivity index (χ0v) is 18.9. The number of nitrogens with zero attached hydrogens (tertiary/aromatic N) is 3. The molecule has 1 fully saturated rings. The Labute approximate surface area is 188 Å². The second-order valence-corrected chi connectivity index (χ2v) is 8.88. The van der Waals surface area contributed by atoms with Gasteiger partial charge in [0.2, 0.25) is 5.91 Å². The Morgan fingerprint density at radius 2 is 1.74 bits per heavy atom. The molecule has 31 heavy (non-hydrogen) atoms. The first-order valence-corrected chi connectivity index (χ1v) is 12.4. The number of carbonyl (C=O) groups excluding carboxylic acids is 1. The minimum atomic E-state index is 0.0644. The molecule has 6 heteroatoms. The largest absolute Gasteiger partial charge is 0.356 e. The Bertz CT molecular complexity index is 979. The van der Waals surface area contributed by atoms with Crippen LogP contribution in [0, 0.1) is 0 Å². The van der Waals surface area contributed by atoms with Crippen molar-refractivity contribution in [2.45, 2.75) is 56.1 Å². The summed E-state index contributed by atoms with van der Waals surface area (Å²) in [5.74, 6) is 1.12. The summed E-state index contributed by atoms with van der Waals surface area (Å²) in [7, 11) is 0. The lowest BCUT2D eigenvalue weighted by Gasteiger charge is -2.16. The Balaban J connectivity index is 1.24. The Morgan fingerprint density at radius 1 is 1.03 bits per heavy atom. The second-order valence-electron chi connectivity index (χ2n) is 8.10. The Kier molecular flexibility index (Phi) is 7.41. The lowest BCUT2D eigenvalue weighted by atomic mass is 10.0. The first kappa shape index (κ1) is 21.6. The predicted octanol–water partition coefficient (Wildman–Crippen LogP) is 5.07. The minimum Gasteiger partial charge on any atom is -0.356 e. The number of amides is 1. The van der Waals surface area contributed by atoms with E-state index in [2.05, 4.69) is 50.6 Å². The highest BCUT2D eigenvalue weighted by molar-refractivity contribution is 7.98. The number of hydrogen-bond acceptors (Lipinski definition) is 4. The Morgan fingerprint density at radius 3 is 2.45 bits per heavy atom. The summed E-state index contributed by atoms with van der Waals surface area (Å²) in [6, 6.07) is 19.1. The number of aryl methyl sites for hydroxylation is 1. The zero-order chi connectivity index (χ0) is 21.5. The smallest absolute Gasteiger partial charge is 0.224 e. The molecule has 0 radical (unpaired) electrons. The van der Waals surface area contributed by atoms with Crippen LogP contribution < -0.4 is 5.32 Å². The third kappa shape index (κ3) is 5.56. The van der Waals surface area contributed by atoms with Crippen molar-refractivity contribution >= 4 is 17.7 Å². The summed E-state index contributed by atoms with van der Waals surface area (Å²) in [5, 5.41) is 12.9. The summed E-state index contributed by atoms with van der Waals surface area (Å²) in [6.45, 7) is 0.660. The van der Waals surface area contributed by atoms with E-state index in [1.165, 1.54) is 36.8 Å². The zero-order valence-electron chi connectivity index (χ0n) is 18.1. The van der Waals surface area contributed by atoms with Crippen LogP contribution in [-0.2, 0) is 17.6 Å². The van der Waals surface area contributed by atoms with Crippen LogP contribution in [0.5, 0.6) is 0 Å². The van der Waals surface area contributed by atoms with E-state index in [1.54, 1.807) is 11.8 Å². The summed E-state index contributed by atoms with van der Waals surface area (Å²) >= 11 is 1.67. The van der Waals surface area contributed by atoms with E-state index in [1.807, 2.05) is 30.3 Å². The van der Waals surface area contributed by atoms with Gasteiger partial charge in [0.1, 0.15) is 5.82 Å². The summed E-state index contributed by atoms with van der Waals surface area (Å²) in [4.78, 5) is 12.4. The van der Waals surface area contributed by atoms with Crippen molar-refractivity contribution in [1.29, 1.82) is 0 Å². The third-order valence-electron chi connectivity index (χ3n) is 5.93. The molecular formula is C25H30N4OS. The van der Waals surface area contributed by atoms with Gasteiger partial charge in [-0.1, -0.05) is 79.2 Å². The lowest BCUT2D eigenvalue weighted by molar-refractivity contribution is -0.120. The molecule has 1 aromatic heterocycles. The van der Waals surface area contributed by atoms with Gasteiger partial charge in [0.25, 0.3) is 0 Å². The molecule has 0 atom stereocenters. The molecule has 0 bridgehead atoms. The molecule has 1 aliphatic rings. The number of nitrogens with one attached hydrogen (secondary N) is 1. The average Bonchev–Trinajstić information content (AvgIpc) is 3.47. The fourth-order valence-electron chi connectivity index (χ4n) is 4.31. The van der Waals surface area contributed by atoms with E-state index >= 15 is 0 Å². The SMILES string of the molecule is CSc1nnc(CCCNC(=O)Cc2ccc(-c3ccccc3)cc2)n1C1CCCC1. The molecule has 4 rings (SSSR count). The first-order chi connectivity index (χ1) is 15.2. The fraction of sp³-hybridized carbons (Fsp3) is 0.400. The molecule has 1 heterocycles. The van der Waals surface area contributed by atoms with Crippen LogP contribution in [0.3, 0.4) is 0 Å². The highest BCUT2D eigenvalue weighted by Gasteiger charge is 2.23. The molecule has 1 amide bonds. The molecule has 1 N–H and O–H groups in total. The van der Waals surface area contributed by atoms with Gasteiger partial charge in [-0.3, -0.25) is 4.79 Å². The second kappa shape index (κ2) is 10.6. The number of thioether (sulfide) groups is 1. The number of hydrogen-bond donors (Lipinski definition) is 1. The van der Waals surface area contributed by atoms with Crippen molar-refractivity contribution in [2.75, 3.05) is 12.8 Å². The van der Waals surface area contributed by atoms with Crippen LogP contribution in [0.15, 0.2) is 59.8 Å². The lowest BCUT2D eigenvalue weighted by Crippen LogP contribution is -2.26. The highest BCUT2D eigenvalue weighted by atomic mass is 32.2. The molecule has 1 aliphatic carbocycles. The fourth-order valence-corrected chi connectivity index (χ4v) is 4.89. The van der Waals surface area contributed by atoms with Gasteiger partial charge in [0.05, 0.1) is 6.42 Å². The van der Waals surface area contributed by atoms with Crippen LogP contribution >= 0.6 is 11.8 Å². The van der Waals surface area contributed by atoms with Crippen molar-refractivity contribution in [3.05, 3.63) is 66.0 Å². The molecule has 1 saturated carbocycles. The predicted molar refractivity (Wildman–Crippen MR) is 126 cm³/mol. The average molecular weight is 435 g/mol. The van der Waals surface area contributed by atoms with Crippen LogP contribution in [0.1, 0.15) is 49.5 Å². The van der Waals surface area contributed by atoms with Gasteiger partial charge >= 0.3 is 0 Å². The van der Waals surface area contributed by atoms with Gasteiger partial charge in [0, 0.05) is 19.0 Å². The van der Waals surface area contributed by atoms with Gasteiger partial charge in [0.15, 0.2) is 5.16 Å². The quantitative estimate of drug-likeness (QED) is 0.377. The topological polar surface area (TPSA) is 59.8 Å². The van der Waals surface area contributed by atoms with Gasteiger partial charge in [-0.15, -0.1) is 10.2 Å². The van der Waals surface area contributed by atoms with Crippen LogP contribution in [0.4, 0.5) is 0 Å². The molecule has 0 saturated heterocycles.